The number of aryl methyl sites for hydroxylation is 1. The lowest BCUT2D eigenvalue weighted by atomic mass is 9.94. The first kappa shape index (κ1) is 21.2. The Labute approximate surface area is 186 Å². The largest absolute Gasteiger partial charge is 0.508 e. The van der Waals surface area contributed by atoms with Crippen LogP contribution >= 0.6 is 0 Å². The number of aliphatic hydroxyl groups is 1. The zero-order chi connectivity index (χ0) is 22.8. The Morgan fingerprint density at radius 3 is 2.31 bits per heavy atom. The van der Waals surface area contributed by atoms with Crippen molar-refractivity contribution in [2.75, 3.05) is 11.5 Å². The van der Waals surface area contributed by atoms with Gasteiger partial charge in [0.1, 0.15) is 17.3 Å². The van der Waals surface area contributed by atoms with Crippen LogP contribution < -0.4 is 9.64 Å². The molecule has 0 aliphatic carbocycles. The van der Waals surface area contributed by atoms with Crippen LogP contribution in [0.25, 0.3) is 5.76 Å². The number of rotatable bonds is 5. The van der Waals surface area contributed by atoms with E-state index < -0.39 is 17.7 Å². The topological polar surface area (TPSA) is 87.1 Å². The Morgan fingerprint density at radius 1 is 1.00 bits per heavy atom. The van der Waals surface area contributed by atoms with Crippen LogP contribution in [-0.2, 0) is 9.59 Å². The molecule has 0 spiro atoms. The number of hydrogen-bond acceptors (Lipinski definition) is 5. The first-order valence-corrected chi connectivity index (χ1v) is 10.3. The number of aliphatic hydroxyl groups excluding tert-OH is 1. The first-order chi connectivity index (χ1) is 15.4. The highest BCUT2D eigenvalue weighted by atomic mass is 16.5. The molecule has 1 aliphatic rings. The molecule has 32 heavy (non-hydrogen) atoms. The minimum absolute atomic E-state index is 0.00639. The number of anilines is 1. The van der Waals surface area contributed by atoms with Gasteiger partial charge in [-0.25, -0.2) is 0 Å². The smallest absolute Gasteiger partial charge is 0.300 e. The molecule has 1 atom stereocenters. The minimum Gasteiger partial charge on any atom is -0.508 e. The molecule has 2 N–H and O–H groups in total. The zero-order valence-electron chi connectivity index (χ0n) is 17.8. The van der Waals surface area contributed by atoms with E-state index >= 15 is 0 Å². The number of aromatic hydroxyl groups is 1. The number of benzene rings is 3. The van der Waals surface area contributed by atoms with E-state index in [0.717, 1.165) is 5.56 Å². The molecule has 4 rings (SSSR count). The Balaban J connectivity index is 1.90. The van der Waals surface area contributed by atoms with Crippen LogP contribution in [0.3, 0.4) is 0 Å². The van der Waals surface area contributed by atoms with Gasteiger partial charge in [0.25, 0.3) is 11.7 Å². The molecule has 162 valence electrons. The lowest BCUT2D eigenvalue weighted by Gasteiger charge is -2.25. The van der Waals surface area contributed by atoms with Crippen molar-refractivity contribution in [3.63, 3.8) is 0 Å². The summed E-state index contributed by atoms with van der Waals surface area (Å²) in [7, 11) is 0. The number of ether oxygens (including phenoxy) is 1. The molecule has 3 aromatic rings. The predicted octanol–water partition coefficient (Wildman–Crippen LogP) is 4.73. The van der Waals surface area contributed by atoms with Gasteiger partial charge in [-0.2, -0.15) is 0 Å². The van der Waals surface area contributed by atoms with Crippen LogP contribution in [0.15, 0.2) is 78.4 Å². The molecule has 1 heterocycles. The van der Waals surface area contributed by atoms with Crippen molar-refractivity contribution in [3.05, 3.63) is 95.1 Å². The summed E-state index contributed by atoms with van der Waals surface area (Å²) in [4.78, 5) is 27.6. The molecule has 0 saturated carbocycles. The van der Waals surface area contributed by atoms with Crippen LogP contribution in [0.1, 0.15) is 29.7 Å². The van der Waals surface area contributed by atoms with Crippen LogP contribution in [0, 0.1) is 6.92 Å². The fraction of sp³-hybridized carbons (Fsp3) is 0.154. The maximum atomic E-state index is 13.1. The van der Waals surface area contributed by atoms with Gasteiger partial charge in [-0.15, -0.1) is 0 Å². The van der Waals surface area contributed by atoms with E-state index in [2.05, 4.69) is 0 Å². The SMILES string of the molecule is CCOc1ccc(/C(O)=C2/C(=O)C(=O)N(c3ccccc3)C2c2ccc(O)cc2)cc1C. The monoisotopic (exact) mass is 429 g/mol. The average molecular weight is 429 g/mol. The van der Waals surface area contributed by atoms with Gasteiger partial charge in [0.15, 0.2) is 0 Å². The summed E-state index contributed by atoms with van der Waals surface area (Å²) in [5.41, 5.74) is 2.34. The first-order valence-electron chi connectivity index (χ1n) is 10.3. The number of amides is 1. The Kier molecular flexibility index (Phi) is 5.69. The zero-order valence-corrected chi connectivity index (χ0v) is 17.8. The number of carbonyl (C=O) groups excluding carboxylic acids is 2. The standard InChI is InChI=1S/C26H23NO5/c1-3-32-21-14-11-18(15-16(21)2)24(29)22-23(17-9-12-20(28)13-10-17)27(26(31)25(22)30)19-7-5-4-6-8-19/h4-15,23,28-29H,3H2,1-2H3/b24-22-. The van der Waals surface area contributed by atoms with Gasteiger partial charge in [0.2, 0.25) is 0 Å². The van der Waals surface area contributed by atoms with Crippen molar-refractivity contribution < 1.29 is 24.5 Å². The van der Waals surface area contributed by atoms with Crippen LogP contribution in [-0.4, -0.2) is 28.5 Å². The highest BCUT2D eigenvalue weighted by Gasteiger charge is 2.46. The van der Waals surface area contributed by atoms with Gasteiger partial charge in [-0.3, -0.25) is 14.5 Å². The number of phenols is 1. The van der Waals surface area contributed by atoms with Crippen LogP contribution in [0.5, 0.6) is 11.5 Å². The fourth-order valence-corrected chi connectivity index (χ4v) is 3.93. The average Bonchev–Trinajstić information content (AvgIpc) is 3.06. The maximum Gasteiger partial charge on any atom is 0.300 e. The molecule has 1 unspecified atom stereocenters. The summed E-state index contributed by atoms with van der Waals surface area (Å²) >= 11 is 0. The number of nitrogens with zero attached hydrogens (tertiary/aromatic N) is 1. The quantitative estimate of drug-likeness (QED) is 0.348. The summed E-state index contributed by atoms with van der Waals surface area (Å²) in [5.74, 6) is -1.00. The molecule has 1 aliphatic heterocycles. The van der Waals surface area contributed by atoms with E-state index in [-0.39, 0.29) is 17.1 Å². The van der Waals surface area contributed by atoms with E-state index in [4.69, 9.17) is 4.74 Å². The normalized spacial score (nSPS) is 17.6. The molecule has 1 fully saturated rings. The number of phenolic OH excluding ortho intramolecular Hbond substituents is 1. The third-order valence-electron chi connectivity index (χ3n) is 5.44. The van der Waals surface area contributed by atoms with E-state index in [1.807, 2.05) is 19.9 Å². The lowest BCUT2D eigenvalue weighted by molar-refractivity contribution is -0.132. The van der Waals surface area contributed by atoms with Gasteiger partial charge in [-0.05, 0) is 67.4 Å². The van der Waals surface area contributed by atoms with Crippen molar-refractivity contribution in [2.45, 2.75) is 19.9 Å². The molecule has 3 aromatic carbocycles. The maximum absolute atomic E-state index is 13.1. The fourth-order valence-electron chi connectivity index (χ4n) is 3.93. The molecule has 6 heteroatoms. The molecule has 6 nitrogen and oxygen atoms in total. The summed E-state index contributed by atoms with van der Waals surface area (Å²) in [6, 6.07) is 19.4. The van der Waals surface area contributed by atoms with Crippen molar-refractivity contribution >= 4 is 23.1 Å². The summed E-state index contributed by atoms with van der Waals surface area (Å²) in [6.07, 6.45) is 0. The molecule has 0 aromatic heterocycles. The summed E-state index contributed by atoms with van der Waals surface area (Å²) < 4.78 is 5.56. The number of para-hydroxylation sites is 1. The third kappa shape index (κ3) is 3.71. The van der Waals surface area contributed by atoms with Gasteiger partial charge < -0.3 is 14.9 Å². The van der Waals surface area contributed by atoms with Crippen molar-refractivity contribution in [2.24, 2.45) is 0 Å². The van der Waals surface area contributed by atoms with E-state index in [9.17, 15) is 19.8 Å². The number of hydrogen-bond donors (Lipinski definition) is 2. The van der Waals surface area contributed by atoms with Gasteiger partial charge >= 0.3 is 0 Å². The van der Waals surface area contributed by atoms with Crippen molar-refractivity contribution in [1.82, 2.24) is 0 Å². The molecular weight excluding hydrogens is 406 g/mol. The van der Waals surface area contributed by atoms with Crippen molar-refractivity contribution in [3.8, 4) is 11.5 Å². The Hall–Kier alpha value is -4.06. The van der Waals surface area contributed by atoms with Crippen molar-refractivity contribution in [1.29, 1.82) is 0 Å². The van der Waals surface area contributed by atoms with Gasteiger partial charge in [0.05, 0.1) is 18.2 Å². The van der Waals surface area contributed by atoms with E-state index in [1.54, 1.807) is 54.6 Å². The molecule has 1 saturated heterocycles. The van der Waals surface area contributed by atoms with Crippen LogP contribution in [0.4, 0.5) is 5.69 Å². The number of ketones is 1. The third-order valence-corrected chi connectivity index (χ3v) is 5.44. The molecular formula is C26H23NO5. The molecule has 0 radical (unpaired) electrons. The summed E-state index contributed by atoms with van der Waals surface area (Å²) in [6.45, 7) is 4.24. The molecule has 0 bridgehead atoms. The van der Waals surface area contributed by atoms with Crippen LogP contribution in [0.2, 0.25) is 0 Å². The molecule has 1 amide bonds. The number of carbonyl (C=O) groups is 2. The predicted molar refractivity (Wildman–Crippen MR) is 122 cm³/mol. The Morgan fingerprint density at radius 2 is 1.69 bits per heavy atom. The second-order valence-corrected chi connectivity index (χ2v) is 7.51. The number of Topliss-reactive ketones (excluding diaryl/α,β-unsaturated/α-hetero) is 1. The second-order valence-electron chi connectivity index (χ2n) is 7.51. The minimum atomic E-state index is -0.843. The van der Waals surface area contributed by atoms with Gasteiger partial charge in [-0.1, -0.05) is 30.3 Å². The summed E-state index contributed by atoms with van der Waals surface area (Å²) in [5, 5.41) is 20.9. The van der Waals surface area contributed by atoms with Gasteiger partial charge in [0, 0.05) is 11.3 Å². The second kappa shape index (κ2) is 8.59. The van der Waals surface area contributed by atoms with E-state index in [1.165, 1.54) is 17.0 Å². The highest BCUT2D eigenvalue weighted by Crippen LogP contribution is 2.42. The lowest BCUT2D eigenvalue weighted by Crippen LogP contribution is -2.29. The Bertz CT molecular complexity index is 1200. The van der Waals surface area contributed by atoms with E-state index in [0.29, 0.717) is 29.2 Å². The highest BCUT2D eigenvalue weighted by molar-refractivity contribution is 6.51.